The molecule has 0 spiro atoms. The summed E-state index contributed by atoms with van der Waals surface area (Å²) in [6, 6.07) is 15.8. The molecule has 0 aromatic heterocycles. The second kappa shape index (κ2) is 12.1. The fraction of sp³-hybridized carbons (Fsp3) is 0.370. The van der Waals surface area contributed by atoms with Crippen LogP contribution in [0.5, 0.6) is 11.5 Å². The minimum Gasteiger partial charge on any atom is -0.494 e. The third kappa shape index (κ3) is 7.89. The molecule has 5 heteroatoms. The summed E-state index contributed by atoms with van der Waals surface area (Å²) in [5.41, 5.74) is 2.75. The fourth-order valence-corrected chi connectivity index (χ4v) is 3.22. The number of aliphatic carboxylic acids is 1. The summed E-state index contributed by atoms with van der Waals surface area (Å²) in [7, 11) is 0. The van der Waals surface area contributed by atoms with E-state index in [0.29, 0.717) is 30.5 Å². The van der Waals surface area contributed by atoms with E-state index in [2.05, 4.69) is 0 Å². The van der Waals surface area contributed by atoms with Gasteiger partial charge in [0, 0.05) is 0 Å². The van der Waals surface area contributed by atoms with E-state index in [9.17, 15) is 9.90 Å². The van der Waals surface area contributed by atoms with Crippen LogP contribution < -0.4 is 9.47 Å². The first kappa shape index (κ1) is 23.6. The van der Waals surface area contributed by atoms with Gasteiger partial charge in [-0.1, -0.05) is 43.3 Å². The molecule has 5 nitrogen and oxygen atoms in total. The number of rotatable bonds is 13. The zero-order valence-electron chi connectivity index (χ0n) is 18.8. The van der Waals surface area contributed by atoms with Crippen molar-refractivity contribution in [3.63, 3.8) is 0 Å². The maximum absolute atomic E-state index is 11.3. The van der Waals surface area contributed by atoms with Crippen LogP contribution in [-0.2, 0) is 9.53 Å². The van der Waals surface area contributed by atoms with Gasteiger partial charge in [0.2, 0.25) is 6.29 Å². The number of hydrogen-bond donors (Lipinski definition) is 1. The van der Waals surface area contributed by atoms with Crippen LogP contribution in [0.4, 0.5) is 0 Å². The molecule has 0 heterocycles. The average molecular weight is 437 g/mol. The van der Waals surface area contributed by atoms with Gasteiger partial charge in [0.05, 0.1) is 19.6 Å². The predicted molar refractivity (Wildman–Crippen MR) is 126 cm³/mol. The van der Waals surface area contributed by atoms with E-state index >= 15 is 0 Å². The predicted octanol–water partition coefficient (Wildman–Crippen LogP) is 6.25. The molecule has 0 aliphatic heterocycles. The Morgan fingerprint density at radius 1 is 1.09 bits per heavy atom. The molecule has 0 radical (unpaired) electrons. The molecule has 1 aliphatic carbocycles. The largest absolute Gasteiger partial charge is 0.494 e. The van der Waals surface area contributed by atoms with Gasteiger partial charge in [-0.05, 0) is 79.1 Å². The molecule has 1 saturated carbocycles. The van der Waals surface area contributed by atoms with Crippen molar-refractivity contribution < 1.29 is 24.1 Å². The lowest BCUT2D eigenvalue weighted by atomic mass is 10.1. The van der Waals surface area contributed by atoms with Crippen molar-refractivity contribution in [1.29, 1.82) is 0 Å². The average Bonchev–Trinajstić information content (AvgIpc) is 3.61. The van der Waals surface area contributed by atoms with Gasteiger partial charge in [0.25, 0.3) is 0 Å². The Bertz CT molecular complexity index is 925. The third-order valence-electron chi connectivity index (χ3n) is 5.05. The van der Waals surface area contributed by atoms with Gasteiger partial charge >= 0.3 is 5.97 Å². The fourth-order valence-electron chi connectivity index (χ4n) is 3.22. The molecular weight excluding hydrogens is 404 g/mol. The highest BCUT2D eigenvalue weighted by atomic mass is 16.7. The van der Waals surface area contributed by atoms with Gasteiger partial charge in [0.15, 0.2) is 0 Å². The molecular formula is C27H32O5. The Morgan fingerprint density at radius 3 is 2.53 bits per heavy atom. The zero-order valence-corrected chi connectivity index (χ0v) is 18.8. The van der Waals surface area contributed by atoms with Crippen molar-refractivity contribution in [2.24, 2.45) is 5.92 Å². The summed E-state index contributed by atoms with van der Waals surface area (Å²) < 4.78 is 17.7. The van der Waals surface area contributed by atoms with Crippen LogP contribution in [0.15, 0.2) is 72.3 Å². The van der Waals surface area contributed by atoms with E-state index in [0.717, 1.165) is 23.3 Å². The highest BCUT2D eigenvalue weighted by Gasteiger charge is 2.23. The molecule has 3 rings (SSSR count). The summed E-state index contributed by atoms with van der Waals surface area (Å²) >= 11 is 0. The molecule has 2 aromatic rings. The Labute approximate surface area is 190 Å². The molecule has 0 saturated heterocycles. The molecule has 1 unspecified atom stereocenters. The van der Waals surface area contributed by atoms with Crippen LogP contribution in [0.2, 0.25) is 0 Å². The van der Waals surface area contributed by atoms with Gasteiger partial charge in [-0.2, -0.15) is 0 Å². The van der Waals surface area contributed by atoms with Gasteiger partial charge in [0.1, 0.15) is 11.5 Å². The van der Waals surface area contributed by atoms with Crippen molar-refractivity contribution in [3.05, 3.63) is 72.3 Å². The minimum atomic E-state index is -0.879. The van der Waals surface area contributed by atoms with Crippen LogP contribution >= 0.6 is 0 Å². The van der Waals surface area contributed by atoms with E-state index in [4.69, 9.17) is 14.2 Å². The third-order valence-corrected chi connectivity index (χ3v) is 5.05. The molecule has 170 valence electrons. The van der Waals surface area contributed by atoms with Crippen LogP contribution in [0.3, 0.4) is 0 Å². The first-order chi connectivity index (χ1) is 15.6. The Balaban J connectivity index is 1.78. The first-order valence-corrected chi connectivity index (χ1v) is 11.3. The van der Waals surface area contributed by atoms with Crippen molar-refractivity contribution in [3.8, 4) is 22.6 Å². The highest BCUT2D eigenvalue weighted by molar-refractivity contribution is 5.71. The zero-order chi connectivity index (χ0) is 22.8. The summed E-state index contributed by atoms with van der Waals surface area (Å²) in [6.45, 7) is 5.22. The molecule has 0 amide bonds. The minimum absolute atomic E-state index is 0.0740. The van der Waals surface area contributed by atoms with Gasteiger partial charge in [-0.3, -0.25) is 4.79 Å². The number of allylic oxidation sites excluding steroid dienone is 2. The van der Waals surface area contributed by atoms with Gasteiger partial charge < -0.3 is 19.3 Å². The highest BCUT2D eigenvalue weighted by Crippen LogP contribution is 2.30. The monoisotopic (exact) mass is 436 g/mol. The number of carboxylic acid groups (broad SMARTS) is 1. The number of benzene rings is 2. The topological polar surface area (TPSA) is 65.0 Å². The summed E-state index contributed by atoms with van der Waals surface area (Å²) in [4.78, 5) is 11.3. The lowest BCUT2D eigenvalue weighted by molar-refractivity contribution is -0.136. The molecule has 32 heavy (non-hydrogen) atoms. The number of hydrogen-bond acceptors (Lipinski definition) is 4. The molecule has 1 fully saturated rings. The number of carbonyl (C=O) groups is 1. The van der Waals surface area contributed by atoms with Crippen molar-refractivity contribution in [2.45, 2.75) is 45.8 Å². The molecule has 1 N–H and O–H groups in total. The Morgan fingerprint density at radius 2 is 1.88 bits per heavy atom. The van der Waals surface area contributed by atoms with Gasteiger partial charge in [-0.15, -0.1) is 0 Å². The van der Waals surface area contributed by atoms with Crippen LogP contribution in [-0.4, -0.2) is 30.6 Å². The van der Waals surface area contributed by atoms with E-state index in [1.807, 2.05) is 74.5 Å². The Hall–Kier alpha value is -3.05. The summed E-state index contributed by atoms with van der Waals surface area (Å²) in [5.74, 6) is 1.20. The van der Waals surface area contributed by atoms with Crippen LogP contribution in [0, 0.1) is 5.92 Å². The SMILES string of the molecule is CC/C=C\C(=C/C(OCC1CC1)Oc1cccc(-c2ccc(OCC)cc2)c1)CC(=O)O. The molecule has 0 bridgehead atoms. The van der Waals surface area contributed by atoms with Crippen molar-refractivity contribution in [2.75, 3.05) is 13.2 Å². The number of ether oxygens (including phenoxy) is 3. The lowest BCUT2D eigenvalue weighted by Gasteiger charge is -2.18. The van der Waals surface area contributed by atoms with E-state index in [1.54, 1.807) is 6.08 Å². The van der Waals surface area contributed by atoms with Crippen molar-refractivity contribution >= 4 is 5.97 Å². The first-order valence-electron chi connectivity index (χ1n) is 11.3. The Kier molecular flexibility index (Phi) is 8.93. The van der Waals surface area contributed by atoms with Crippen LogP contribution in [0.1, 0.15) is 39.5 Å². The molecule has 1 aliphatic rings. The van der Waals surface area contributed by atoms with E-state index in [1.165, 1.54) is 12.8 Å². The molecule has 2 aromatic carbocycles. The summed E-state index contributed by atoms with van der Waals surface area (Å²) in [6.07, 6.45) is 7.99. The smallest absolute Gasteiger partial charge is 0.307 e. The second-order valence-corrected chi connectivity index (χ2v) is 7.87. The lowest BCUT2D eigenvalue weighted by Crippen LogP contribution is -2.20. The van der Waals surface area contributed by atoms with Gasteiger partial charge in [-0.25, -0.2) is 0 Å². The summed E-state index contributed by atoms with van der Waals surface area (Å²) in [5, 5.41) is 9.26. The van der Waals surface area contributed by atoms with Crippen molar-refractivity contribution in [1.82, 2.24) is 0 Å². The molecule has 1 atom stereocenters. The standard InChI is InChI=1S/C27H32O5/c1-3-5-7-21(16-26(28)29)17-27(31-19-20-10-11-20)32-25-9-6-8-23(18-25)22-12-14-24(15-13-22)30-4-2/h5-9,12-15,17-18,20,27H,3-4,10-11,16,19H2,1-2H3,(H,28,29)/b7-5-,21-17+. The second-order valence-electron chi connectivity index (χ2n) is 7.87. The normalized spacial score (nSPS) is 15.0. The van der Waals surface area contributed by atoms with E-state index in [-0.39, 0.29) is 6.42 Å². The number of carboxylic acids is 1. The van der Waals surface area contributed by atoms with Crippen LogP contribution in [0.25, 0.3) is 11.1 Å². The van der Waals surface area contributed by atoms with E-state index < -0.39 is 12.3 Å². The maximum atomic E-state index is 11.3. The maximum Gasteiger partial charge on any atom is 0.307 e. The quantitative estimate of drug-likeness (QED) is 0.297.